The fraction of sp³-hybridized carbons (Fsp3) is 0.500. The molecule has 1 fully saturated rings. The molecule has 108 valence electrons. The average Bonchev–Trinajstić information content (AvgIpc) is 2.92. The first kappa shape index (κ1) is 13.6. The number of aryl methyl sites for hydroxylation is 1. The number of nitrogens with zero attached hydrogens (tertiary/aromatic N) is 2. The van der Waals surface area contributed by atoms with Gasteiger partial charge < -0.3 is 5.32 Å². The van der Waals surface area contributed by atoms with E-state index in [4.69, 9.17) is 0 Å². The molecule has 1 saturated heterocycles. The second-order valence-electron chi connectivity index (χ2n) is 5.49. The molecule has 0 saturated carbocycles. The zero-order valence-electron chi connectivity index (χ0n) is 11.5. The van der Waals surface area contributed by atoms with Gasteiger partial charge in [0, 0.05) is 19.0 Å². The van der Waals surface area contributed by atoms with Gasteiger partial charge in [-0.1, -0.05) is 18.2 Å². The van der Waals surface area contributed by atoms with Crippen LogP contribution in [0, 0.1) is 5.92 Å². The van der Waals surface area contributed by atoms with Crippen LogP contribution in [0.1, 0.15) is 12.1 Å². The van der Waals surface area contributed by atoms with Crippen LogP contribution in [0.15, 0.2) is 24.3 Å². The van der Waals surface area contributed by atoms with Gasteiger partial charge in [0.2, 0.25) is 0 Å². The molecule has 1 aliphatic rings. The molecule has 20 heavy (non-hydrogen) atoms. The number of benzene rings is 1. The van der Waals surface area contributed by atoms with E-state index in [-0.39, 0.29) is 5.92 Å². The van der Waals surface area contributed by atoms with Crippen molar-refractivity contribution in [2.75, 3.05) is 18.1 Å². The van der Waals surface area contributed by atoms with Crippen molar-refractivity contribution in [1.82, 2.24) is 15.1 Å². The van der Waals surface area contributed by atoms with E-state index in [2.05, 4.69) is 22.5 Å². The maximum atomic E-state index is 11.4. The number of aromatic nitrogens is 2. The molecule has 0 aliphatic carbocycles. The Bertz CT molecular complexity index is 721. The molecule has 0 spiro atoms. The fourth-order valence-electron chi connectivity index (χ4n) is 2.85. The van der Waals surface area contributed by atoms with Crippen molar-refractivity contribution in [3.63, 3.8) is 0 Å². The molecule has 0 amide bonds. The van der Waals surface area contributed by atoms with Crippen molar-refractivity contribution in [2.45, 2.75) is 13.0 Å². The minimum absolute atomic E-state index is 0.245. The molecule has 1 atom stereocenters. The first-order valence-electron chi connectivity index (χ1n) is 6.87. The maximum Gasteiger partial charge on any atom is 0.150 e. The van der Waals surface area contributed by atoms with Crippen molar-refractivity contribution in [3.8, 4) is 0 Å². The topological polar surface area (TPSA) is 64.0 Å². The molecule has 1 N–H and O–H groups in total. The lowest BCUT2D eigenvalue weighted by Gasteiger charge is -2.08. The highest BCUT2D eigenvalue weighted by molar-refractivity contribution is 7.91. The van der Waals surface area contributed by atoms with E-state index in [1.54, 1.807) is 0 Å². The molecule has 6 heteroatoms. The molecule has 5 nitrogen and oxygen atoms in total. The monoisotopic (exact) mass is 293 g/mol. The van der Waals surface area contributed by atoms with E-state index < -0.39 is 9.84 Å². The molecule has 1 unspecified atom stereocenters. The predicted molar refractivity (Wildman–Crippen MR) is 79.2 cm³/mol. The van der Waals surface area contributed by atoms with Crippen LogP contribution in [0.3, 0.4) is 0 Å². The third-order valence-corrected chi connectivity index (χ3v) is 5.72. The summed E-state index contributed by atoms with van der Waals surface area (Å²) in [6.07, 6.45) is 0.776. The molecule has 0 radical (unpaired) electrons. The Morgan fingerprint density at radius 2 is 2.20 bits per heavy atom. The molecule has 2 aromatic rings. The first-order chi connectivity index (χ1) is 9.55. The Kier molecular flexibility index (Phi) is 3.52. The van der Waals surface area contributed by atoms with Gasteiger partial charge in [0.1, 0.15) is 0 Å². The van der Waals surface area contributed by atoms with E-state index in [1.807, 2.05) is 23.9 Å². The van der Waals surface area contributed by atoms with Crippen LogP contribution in [0.25, 0.3) is 10.9 Å². The number of fused-ring (bicyclic) bond motifs is 1. The lowest BCUT2D eigenvalue weighted by atomic mass is 10.1. The summed E-state index contributed by atoms with van der Waals surface area (Å²) in [6.45, 7) is 1.42. The Hall–Kier alpha value is -1.40. The first-order valence-corrected chi connectivity index (χ1v) is 8.69. The van der Waals surface area contributed by atoms with Gasteiger partial charge in [-0.2, -0.15) is 5.10 Å². The second-order valence-corrected chi connectivity index (χ2v) is 7.72. The standard InChI is InChI=1S/C14H19N3O2S/c1-17-14-5-3-2-4-12(14)13(16-17)9-15-8-11-6-7-20(18,19)10-11/h2-5,11,15H,6-10H2,1H3. The predicted octanol–water partition coefficient (Wildman–Crippen LogP) is 1.10. The van der Waals surface area contributed by atoms with Gasteiger partial charge in [-0.25, -0.2) is 8.42 Å². The fourth-order valence-corrected chi connectivity index (χ4v) is 4.71. The van der Waals surface area contributed by atoms with Gasteiger partial charge in [-0.15, -0.1) is 0 Å². The van der Waals surface area contributed by atoms with Crippen molar-refractivity contribution >= 4 is 20.7 Å². The van der Waals surface area contributed by atoms with E-state index >= 15 is 0 Å². The third-order valence-electron chi connectivity index (χ3n) is 3.89. The minimum atomic E-state index is -2.78. The summed E-state index contributed by atoms with van der Waals surface area (Å²) < 4.78 is 24.7. The summed E-state index contributed by atoms with van der Waals surface area (Å²) in [5.74, 6) is 0.907. The molecule has 1 aromatic heterocycles. The summed E-state index contributed by atoms with van der Waals surface area (Å²) >= 11 is 0. The molecule has 3 rings (SSSR count). The molecule has 2 heterocycles. The lowest BCUT2D eigenvalue weighted by molar-refractivity contribution is 0.516. The van der Waals surface area contributed by atoms with Gasteiger partial charge in [0.15, 0.2) is 9.84 Å². The summed E-state index contributed by atoms with van der Waals surface area (Å²) in [4.78, 5) is 0. The highest BCUT2D eigenvalue weighted by Gasteiger charge is 2.27. The second kappa shape index (κ2) is 5.18. The number of para-hydroxylation sites is 1. The highest BCUT2D eigenvalue weighted by Crippen LogP contribution is 2.19. The SMILES string of the molecule is Cn1nc(CNCC2CCS(=O)(=O)C2)c2ccccc21. The summed E-state index contributed by atoms with van der Waals surface area (Å²) in [6, 6.07) is 8.14. The van der Waals surface area contributed by atoms with Crippen molar-refractivity contribution in [2.24, 2.45) is 13.0 Å². The molecular formula is C14H19N3O2S. The number of nitrogens with one attached hydrogen (secondary N) is 1. The van der Waals surface area contributed by atoms with Crippen LogP contribution in [-0.4, -0.2) is 36.2 Å². The van der Waals surface area contributed by atoms with Crippen LogP contribution in [0.2, 0.25) is 0 Å². The Labute approximate surface area is 118 Å². The summed E-state index contributed by atoms with van der Waals surface area (Å²) in [5.41, 5.74) is 2.14. The normalized spacial score (nSPS) is 21.6. The maximum absolute atomic E-state index is 11.4. The van der Waals surface area contributed by atoms with E-state index in [9.17, 15) is 8.42 Å². The van der Waals surface area contributed by atoms with Gasteiger partial charge in [-0.3, -0.25) is 4.68 Å². The minimum Gasteiger partial charge on any atom is -0.311 e. The Morgan fingerprint density at radius 3 is 2.95 bits per heavy atom. The van der Waals surface area contributed by atoms with Gasteiger partial charge in [0.05, 0.1) is 22.7 Å². The lowest BCUT2D eigenvalue weighted by Crippen LogP contribution is -2.23. The van der Waals surface area contributed by atoms with Gasteiger partial charge >= 0.3 is 0 Å². The van der Waals surface area contributed by atoms with E-state index in [0.29, 0.717) is 18.1 Å². The van der Waals surface area contributed by atoms with Crippen LogP contribution < -0.4 is 5.32 Å². The van der Waals surface area contributed by atoms with Gasteiger partial charge in [0.25, 0.3) is 0 Å². The van der Waals surface area contributed by atoms with Gasteiger partial charge in [-0.05, 0) is 24.9 Å². The molecule has 0 bridgehead atoms. The quantitative estimate of drug-likeness (QED) is 0.917. The molecule has 1 aliphatic heterocycles. The van der Waals surface area contributed by atoms with Crippen LogP contribution >= 0.6 is 0 Å². The number of hydrogen-bond donors (Lipinski definition) is 1. The van der Waals surface area contributed by atoms with E-state index in [1.165, 1.54) is 0 Å². The largest absolute Gasteiger partial charge is 0.311 e. The van der Waals surface area contributed by atoms with Crippen molar-refractivity contribution < 1.29 is 8.42 Å². The molecule has 1 aromatic carbocycles. The third kappa shape index (κ3) is 2.71. The molecular weight excluding hydrogens is 274 g/mol. The van der Waals surface area contributed by atoms with Crippen molar-refractivity contribution in [1.29, 1.82) is 0 Å². The number of sulfone groups is 1. The smallest absolute Gasteiger partial charge is 0.150 e. The Morgan fingerprint density at radius 1 is 1.40 bits per heavy atom. The number of hydrogen-bond acceptors (Lipinski definition) is 4. The van der Waals surface area contributed by atoms with Crippen molar-refractivity contribution in [3.05, 3.63) is 30.0 Å². The zero-order chi connectivity index (χ0) is 14.2. The van der Waals surface area contributed by atoms with Crippen LogP contribution in [0.5, 0.6) is 0 Å². The summed E-state index contributed by atoms with van der Waals surface area (Å²) in [5, 5.41) is 9.02. The van der Waals surface area contributed by atoms with E-state index in [0.717, 1.165) is 29.6 Å². The summed E-state index contributed by atoms with van der Waals surface area (Å²) in [7, 11) is -0.841. The number of rotatable bonds is 4. The Balaban J connectivity index is 1.63. The van der Waals surface area contributed by atoms with Crippen LogP contribution in [0.4, 0.5) is 0 Å². The average molecular weight is 293 g/mol. The highest BCUT2D eigenvalue weighted by atomic mass is 32.2. The van der Waals surface area contributed by atoms with Crippen LogP contribution in [-0.2, 0) is 23.4 Å². The zero-order valence-corrected chi connectivity index (χ0v) is 12.4.